The average Bonchev–Trinajstić information content (AvgIpc) is 3.68. The summed E-state index contributed by atoms with van der Waals surface area (Å²) in [7, 11) is 0. The molecule has 0 radical (unpaired) electrons. The predicted molar refractivity (Wildman–Crippen MR) is 156 cm³/mol. The third kappa shape index (κ3) is 10.3. The highest BCUT2D eigenvalue weighted by atomic mass is 19.4. The van der Waals surface area contributed by atoms with Gasteiger partial charge in [-0.05, 0) is 66.7 Å². The summed E-state index contributed by atoms with van der Waals surface area (Å²) < 4.78 is 63.5. The van der Waals surface area contributed by atoms with Crippen LogP contribution in [0.25, 0.3) is 6.08 Å². The van der Waals surface area contributed by atoms with Crippen LogP contribution in [0.2, 0.25) is 0 Å². The summed E-state index contributed by atoms with van der Waals surface area (Å²) in [5.41, 5.74) is 5.90. The van der Waals surface area contributed by atoms with Gasteiger partial charge in [0, 0.05) is 31.7 Å². The van der Waals surface area contributed by atoms with Crippen molar-refractivity contribution in [3.63, 3.8) is 0 Å². The molecular formula is C32H36F6N2O6. The minimum atomic E-state index is -5.08. The zero-order chi connectivity index (χ0) is 34.4. The van der Waals surface area contributed by atoms with Gasteiger partial charge < -0.3 is 20.6 Å². The molecule has 0 unspecified atom stereocenters. The zero-order valence-corrected chi connectivity index (χ0v) is 25.2. The van der Waals surface area contributed by atoms with Crippen molar-refractivity contribution in [3.05, 3.63) is 76.4 Å². The molecule has 2 aromatic carbocycles. The van der Waals surface area contributed by atoms with Gasteiger partial charge in [-0.15, -0.1) is 0 Å². The Morgan fingerprint density at radius 2 is 1.48 bits per heavy atom. The summed E-state index contributed by atoms with van der Waals surface area (Å²) in [6.45, 7) is 7.44. The summed E-state index contributed by atoms with van der Waals surface area (Å²) in [6, 6.07) is 17.8. The number of aliphatic carboxylic acids is 2. The maximum atomic E-state index is 11.2. The van der Waals surface area contributed by atoms with Crippen molar-refractivity contribution < 1.29 is 56.0 Å². The van der Waals surface area contributed by atoms with Crippen molar-refractivity contribution in [2.24, 2.45) is 11.3 Å². The van der Waals surface area contributed by atoms with Crippen LogP contribution in [0.4, 0.5) is 26.3 Å². The Bertz CT molecular complexity index is 1390. The lowest BCUT2D eigenvalue weighted by Gasteiger charge is -2.59. The fraction of sp³-hybridized carbons (Fsp3) is 0.469. The lowest BCUT2D eigenvalue weighted by Crippen LogP contribution is -2.65. The number of alkyl halides is 6. The summed E-state index contributed by atoms with van der Waals surface area (Å²) in [4.78, 5) is 31.5. The van der Waals surface area contributed by atoms with Crippen LogP contribution in [0.3, 0.4) is 0 Å². The van der Waals surface area contributed by atoms with E-state index in [9.17, 15) is 36.2 Å². The Labute approximate surface area is 261 Å². The average molecular weight is 659 g/mol. The van der Waals surface area contributed by atoms with Crippen LogP contribution in [0.5, 0.6) is 0 Å². The molecule has 2 atom stereocenters. The Morgan fingerprint density at radius 3 is 1.93 bits per heavy atom. The standard InChI is InChI=1S/C28H34N2O2.2C2HF3O2/c1-3-22(12-20-7-5-4-6-8-20)25-13-26(25)29-23-14-28(15-23)17-30(18-28)16-21-9-10-24(27(31)32)19(2)11-21;2*3-2(4,5)1(6)7/h4-12,23,25-26,29H,3,13-18H2,1-2H3,(H,31,32);2*(H,6,7)/b22-12+;;/t25-,26+;;/m0../s1. The number of aromatic carboxylic acids is 1. The fourth-order valence-corrected chi connectivity index (χ4v) is 6.02. The highest BCUT2D eigenvalue weighted by Crippen LogP contribution is 2.50. The van der Waals surface area contributed by atoms with Crippen molar-refractivity contribution >= 4 is 24.0 Å². The summed E-state index contributed by atoms with van der Waals surface area (Å²) >= 11 is 0. The van der Waals surface area contributed by atoms with Gasteiger partial charge in [-0.25, -0.2) is 14.4 Å². The molecule has 4 N–H and O–H groups in total. The molecule has 2 aliphatic carbocycles. The molecular weight excluding hydrogens is 622 g/mol. The molecule has 1 aliphatic heterocycles. The van der Waals surface area contributed by atoms with E-state index in [1.807, 2.05) is 19.1 Å². The van der Waals surface area contributed by atoms with Crippen molar-refractivity contribution in [1.29, 1.82) is 0 Å². The van der Waals surface area contributed by atoms with Crippen LogP contribution < -0.4 is 5.32 Å². The van der Waals surface area contributed by atoms with Gasteiger partial charge in [0.05, 0.1) is 5.56 Å². The van der Waals surface area contributed by atoms with Gasteiger partial charge in [-0.3, -0.25) is 4.90 Å². The first kappa shape index (κ1) is 36.6. The molecule has 2 aromatic rings. The molecule has 1 spiro atoms. The van der Waals surface area contributed by atoms with Gasteiger partial charge in [0.2, 0.25) is 0 Å². The number of hydrogen-bond acceptors (Lipinski definition) is 5. The van der Waals surface area contributed by atoms with Crippen LogP contribution in [-0.2, 0) is 16.1 Å². The van der Waals surface area contributed by atoms with Crippen LogP contribution in [0.15, 0.2) is 54.1 Å². The van der Waals surface area contributed by atoms with Gasteiger partial charge in [-0.2, -0.15) is 26.3 Å². The number of aryl methyl sites for hydroxylation is 1. The maximum absolute atomic E-state index is 11.2. The quantitative estimate of drug-likeness (QED) is 0.240. The smallest absolute Gasteiger partial charge is 0.478 e. The summed E-state index contributed by atoms with van der Waals surface area (Å²) in [6.07, 6.45) is -2.76. The minimum Gasteiger partial charge on any atom is -0.478 e. The van der Waals surface area contributed by atoms with E-state index >= 15 is 0 Å². The monoisotopic (exact) mass is 658 g/mol. The predicted octanol–water partition coefficient (Wildman–Crippen LogP) is 6.40. The van der Waals surface area contributed by atoms with Crippen molar-refractivity contribution in [3.8, 4) is 0 Å². The topological polar surface area (TPSA) is 127 Å². The van der Waals surface area contributed by atoms with E-state index in [-0.39, 0.29) is 0 Å². The molecule has 252 valence electrons. The van der Waals surface area contributed by atoms with Crippen LogP contribution in [0.1, 0.15) is 59.7 Å². The van der Waals surface area contributed by atoms with Gasteiger partial charge >= 0.3 is 30.3 Å². The normalized spacial score (nSPS) is 20.7. The Hall–Kier alpha value is -3.91. The summed E-state index contributed by atoms with van der Waals surface area (Å²) in [5, 5.41) is 27.4. The van der Waals surface area contributed by atoms with Crippen LogP contribution in [0, 0.1) is 18.3 Å². The summed E-state index contributed by atoms with van der Waals surface area (Å²) in [5.74, 6) is -5.64. The number of carboxylic acid groups (broad SMARTS) is 3. The van der Waals surface area contributed by atoms with E-state index in [2.05, 4.69) is 53.5 Å². The SMILES string of the molecule is CC/C(=C\c1ccccc1)[C@@H]1C[C@H]1NC1CC2(C1)CN(Cc1ccc(C(=O)O)c(C)c1)C2.O=C(O)C(F)(F)F.O=C(O)C(F)(F)F. The molecule has 8 nitrogen and oxygen atoms in total. The van der Waals surface area contributed by atoms with E-state index in [0.29, 0.717) is 29.0 Å². The van der Waals surface area contributed by atoms with Gasteiger partial charge in [0.25, 0.3) is 0 Å². The number of nitrogens with zero attached hydrogens (tertiary/aromatic N) is 1. The van der Waals surface area contributed by atoms with Crippen LogP contribution in [-0.4, -0.2) is 75.7 Å². The largest absolute Gasteiger partial charge is 0.490 e. The zero-order valence-electron chi connectivity index (χ0n) is 25.2. The molecule has 14 heteroatoms. The lowest BCUT2D eigenvalue weighted by molar-refractivity contribution is -0.193. The van der Waals surface area contributed by atoms with E-state index in [4.69, 9.17) is 19.8 Å². The first-order valence-electron chi connectivity index (χ1n) is 14.5. The Kier molecular flexibility index (Phi) is 11.7. The van der Waals surface area contributed by atoms with Gasteiger partial charge in [0.1, 0.15) is 0 Å². The molecule has 1 saturated heterocycles. The molecule has 0 bridgehead atoms. The van der Waals surface area contributed by atoms with Crippen LogP contribution >= 0.6 is 0 Å². The molecule has 3 aliphatic rings. The minimum absolute atomic E-state index is 0.407. The first-order chi connectivity index (χ1) is 21.3. The number of carbonyl (C=O) groups is 3. The van der Waals surface area contributed by atoms with E-state index in [0.717, 1.165) is 18.5 Å². The highest BCUT2D eigenvalue weighted by molar-refractivity contribution is 5.89. The maximum Gasteiger partial charge on any atom is 0.490 e. The molecule has 1 heterocycles. The number of nitrogens with one attached hydrogen (secondary N) is 1. The third-order valence-corrected chi connectivity index (χ3v) is 8.17. The second kappa shape index (κ2) is 14.7. The number of hydrogen-bond donors (Lipinski definition) is 4. The number of benzene rings is 2. The molecule has 0 amide bonds. The number of rotatable bonds is 8. The second-order valence-corrected chi connectivity index (χ2v) is 11.9. The highest BCUT2D eigenvalue weighted by Gasteiger charge is 2.53. The van der Waals surface area contributed by atoms with E-state index in [1.165, 1.54) is 43.5 Å². The Morgan fingerprint density at radius 1 is 0.935 bits per heavy atom. The van der Waals surface area contributed by atoms with Crippen molar-refractivity contribution in [1.82, 2.24) is 10.2 Å². The second-order valence-electron chi connectivity index (χ2n) is 11.9. The van der Waals surface area contributed by atoms with E-state index in [1.54, 1.807) is 11.6 Å². The van der Waals surface area contributed by atoms with Gasteiger partial charge in [0.15, 0.2) is 0 Å². The first-order valence-corrected chi connectivity index (χ1v) is 14.5. The number of likely N-dealkylation sites (tertiary alicyclic amines) is 1. The molecule has 2 saturated carbocycles. The molecule has 3 fully saturated rings. The number of carboxylic acids is 3. The van der Waals surface area contributed by atoms with E-state index < -0.39 is 30.3 Å². The lowest BCUT2D eigenvalue weighted by atomic mass is 9.60. The molecule has 5 rings (SSSR count). The molecule has 0 aromatic heterocycles. The fourth-order valence-electron chi connectivity index (χ4n) is 6.02. The molecule has 46 heavy (non-hydrogen) atoms. The third-order valence-electron chi connectivity index (χ3n) is 8.17. The van der Waals surface area contributed by atoms with Crippen molar-refractivity contribution in [2.45, 2.75) is 70.5 Å². The van der Waals surface area contributed by atoms with Gasteiger partial charge in [-0.1, -0.05) is 61.0 Å². The number of halogens is 6. The Balaban J connectivity index is 0.000000345. The van der Waals surface area contributed by atoms with Crippen molar-refractivity contribution in [2.75, 3.05) is 13.1 Å².